The van der Waals surface area contributed by atoms with Crippen LogP contribution in [0.15, 0.2) is 0 Å². The normalized spacial score (nSPS) is 32.1. The standard InChI is InChI=1S/C38H52O26/c1-15(39)50-11-25-28(49)35(62-36-33(58-23(9)47)31(56-21(7)45)29(54-19(5)43)26(60-36)12-51-16(2)40)38(63-25,14-53-18(4)42)64-37-34(59-24(10)48)32(57-22(8)46)30(55-20(6)44)27(61-37)13-52-17(3)41/h25-37,49H,11-14H2,1-10H3/t25-,26-,27-,28-,29-,30-,31+,32+,33-,34-,35+,36-,37-,38+/m1/s1. The topological polar surface area (TPSA) is 329 Å². The molecular formula is C38H52O26. The van der Waals surface area contributed by atoms with Gasteiger partial charge in [-0.25, -0.2) is 0 Å². The maximum Gasteiger partial charge on any atom is 0.303 e. The van der Waals surface area contributed by atoms with Crippen molar-refractivity contribution in [2.75, 3.05) is 26.4 Å². The van der Waals surface area contributed by atoms with Gasteiger partial charge in [0, 0.05) is 69.2 Å². The van der Waals surface area contributed by atoms with Crippen molar-refractivity contribution in [1.29, 1.82) is 0 Å². The van der Waals surface area contributed by atoms with E-state index in [2.05, 4.69) is 0 Å². The Labute approximate surface area is 364 Å². The molecule has 3 aliphatic rings. The van der Waals surface area contributed by atoms with Crippen LogP contribution < -0.4 is 0 Å². The minimum absolute atomic E-state index is 0.712. The molecule has 14 atom stereocenters. The molecular weight excluding hydrogens is 872 g/mol. The minimum atomic E-state index is -2.78. The third kappa shape index (κ3) is 15.0. The van der Waals surface area contributed by atoms with Crippen LogP contribution >= 0.6 is 0 Å². The lowest BCUT2D eigenvalue weighted by Crippen LogP contribution is -2.67. The van der Waals surface area contributed by atoms with Crippen LogP contribution in [0.2, 0.25) is 0 Å². The average molecular weight is 925 g/mol. The highest BCUT2D eigenvalue weighted by Gasteiger charge is 2.65. The lowest BCUT2D eigenvalue weighted by molar-refractivity contribution is -0.400. The number of esters is 10. The maximum absolute atomic E-state index is 12.7. The molecule has 0 bridgehead atoms. The maximum atomic E-state index is 12.7. The van der Waals surface area contributed by atoms with Gasteiger partial charge in [-0.3, -0.25) is 47.9 Å². The van der Waals surface area contributed by atoms with E-state index in [0.717, 1.165) is 69.2 Å². The molecule has 1 N–H and O–H groups in total. The molecule has 0 aromatic rings. The van der Waals surface area contributed by atoms with Crippen molar-refractivity contribution >= 4 is 59.7 Å². The molecule has 0 unspecified atom stereocenters. The molecule has 3 saturated heterocycles. The fourth-order valence-electron chi connectivity index (χ4n) is 6.73. The summed E-state index contributed by atoms with van der Waals surface area (Å²) in [4.78, 5) is 123. The lowest BCUT2D eigenvalue weighted by Gasteiger charge is -2.48. The fourth-order valence-corrected chi connectivity index (χ4v) is 6.73. The van der Waals surface area contributed by atoms with Gasteiger partial charge in [0.1, 0.15) is 56.9 Å². The largest absolute Gasteiger partial charge is 0.463 e. The number of carbonyl (C=O) groups excluding carboxylic acids is 10. The van der Waals surface area contributed by atoms with E-state index < -0.39 is 172 Å². The Morgan fingerprint density at radius 3 is 1.12 bits per heavy atom. The molecule has 0 aromatic carbocycles. The van der Waals surface area contributed by atoms with Gasteiger partial charge in [-0.1, -0.05) is 0 Å². The smallest absolute Gasteiger partial charge is 0.303 e. The van der Waals surface area contributed by atoms with E-state index in [1.165, 1.54) is 0 Å². The van der Waals surface area contributed by atoms with E-state index in [4.69, 9.17) is 71.1 Å². The summed E-state index contributed by atoms with van der Waals surface area (Å²) in [6.45, 7) is 6.50. The predicted octanol–water partition coefficient (Wildman–Crippen LogP) is -1.86. The van der Waals surface area contributed by atoms with Crippen LogP contribution in [0.3, 0.4) is 0 Å². The monoisotopic (exact) mass is 924 g/mol. The first-order chi connectivity index (χ1) is 29.8. The van der Waals surface area contributed by atoms with Gasteiger partial charge in [-0.15, -0.1) is 0 Å². The molecule has 26 heteroatoms. The molecule has 0 spiro atoms. The zero-order valence-electron chi connectivity index (χ0n) is 36.5. The number of aliphatic hydroxyl groups excluding tert-OH is 1. The summed E-state index contributed by atoms with van der Waals surface area (Å²) < 4.78 is 84.4. The molecule has 0 amide bonds. The van der Waals surface area contributed by atoms with Crippen molar-refractivity contribution in [1.82, 2.24) is 0 Å². The van der Waals surface area contributed by atoms with E-state index in [-0.39, 0.29) is 0 Å². The summed E-state index contributed by atoms with van der Waals surface area (Å²) in [5, 5.41) is 12.0. The van der Waals surface area contributed by atoms with E-state index in [1.54, 1.807) is 0 Å². The average Bonchev–Trinajstić information content (AvgIpc) is 3.41. The van der Waals surface area contributed by atoms with Gasteiger partial charge >= 0.3 is 59.7 Å². The fraction of sp³-hybridized carbons (Fsp3) is 0.737. The van der Waals surface area contributed by atoms with Crippen molar-refractivity contribution < 1.29 is 124 Å². The first-order valence-electron chi connectivity index (χ1n) is 19.4. The number of hydrogen-bond donors (Lipinski definition) is 1. The van der Waals surface area contributed by atoms with E-state index in [0.29, 0.717) is 0 Å². The summed E-state index contributed by atoms with van der Waals surface area (Å²) in [5.41, 5.74) is 0. The quantitative estimate of drug-likeness (QED) is 0.116. The first kappa shape index (κ1) is 52.8. The van der Waals surface area contributed by atoms with Gasteiger partial charge < -0.3 is 76.2 Å². The second-order valence-electron chi connectivity index (χ2n) is 14.4. The third-order valence-electron chi connectivity index (χ3n) is 8.90. The van der Waals surface area contributed by atoms with Crippen LogP contribution in [-0.2, 0) is 119 Å². The predicted molar refractivity (Wildman–Crippen MR) is 197 cm³/mol. The highest BCUT2D eigenvalue weighted by molar-refractivity contribution is 5.70. The highest BCUT2D eigenvalue weighted by atomic mass is 16.8. The molecule has 3 fully saturated rings. The molecule has 0 saturated carbocycles. The molecule has 26 nitrogen and oxygen atoms in total. The molecule has 0 radical (unpaired) electrons. The SMILES string of the molecule is CC(=O)OC[C@H]1O[C@@](COC(C)=O)(O[C@H]2O[C@H](COC(C)=O)[C@@H](OC(C)=O)[C@H](OC(C)=O)[C@H]2OC(C)=O)[C@@H](O[C@H]2O[C@H](COC(C)=O)[C@@H](OC(C)=O)[C@H](OC(C)=O)[C@H]2OC(C)=O)[C@@H]1O. The van der Waals surface area contributed by atoms with Gasteiger partial charge in [-0.05, 0) is 0 Å². The summed E-state index contributed by atoms with van der Waals surface area (Å²) in [5.74, 6) is -12.4. The molecule has 64 heavy (non-hydrogen) atoms. The number of carbonyl (C=O) groups is 10. The Kier molecular flexibility index (Phi) is 19.3. The molecule has 3 rings (SSSR count). The van der Waals surface area contributed by atoms with Crippen LogP contribution in [0.4, 0.5) is 0 Å². The Morgan fingerprint density at radius 1 is 0.422 bits per heavy atom. The van der Waals surface area contributed by atoms with Gasteiger partial charge in [-0.2, -0.15) is 0 Å². The molecule has 0 aromatic heterocycles. The van der Waals surface area contributed by atoms with E-state index in [9.17, 15) is 53.1 Å². The van der Waals surface area contributed by atoms with Crippen molar-refractivity contribution in [3.8, 4) is 0 Å². The highest BCUT2D eigenvalue weighted by Crippen LogP contribution is 2.42. The Bertz CT molecular complexity index is 1750. The summed E-state index contributed by atoms with van der Waals surface area (Å²) in [7, 11) is 0. The van der Waals surface area contributed by atoms with E-state index in [1.807, 2.05) is 0 Å². The van der Waals surface area contributed by atoms with Gasteiger partial charge in [0.2, 0.25) is 12.1 Å². The third-order valence-corrected chi connectivity index (χ3v) is 8.90. The zero-order chi connectivity index (χ0) is 48.2. The van der Waals surface area contributed by atoms with Gasteiger partial charge in [0.05, 0.1) is 0 Å². The minimum Gasteiger partial charge on any atom is -0.463 e. The second-order valence-corrected chi connectivity index (χ2v) is 14.4. The van der Waals surface area contributed by atoms with Crippen molar-refractivity contribution in [3.63, 3.8) is 0 Å². The van der Waals surface area contributed by atoms with Crippen molar-refractivity contribution in [3.05, 3.63) is 0 Å². The van der Waals surface area contributed by atoms with Gasteiger partial charge in [0.25, 0.3) is 0 Å². The van der Waals surface area contributed by atoms with Crippen molar-refractivity contribution in [2.24, 2.45) is 0 Å². The van der Waals surface area contributed by atoms with Crippen LogP contribution in [0, 0.1) is 0 Å². The molecule has 0 aliphatic carbocycles. The summed E-state index contributed by atoms with van der Waals surface area (Å²) in [6.07, 6.45) is -24.1. The second kappa shape index (κ2) is 23.4. The summed E-state index contributed by atoms with van der Waals surface area (Å²) >= 11 is 0. The molecule has 3 heterocycles. The Hall–Kier alpha value is -5.54. The Morgan fingerprint density at radius 2 is 0.750 bits per heavy atom. The van der Waals surface area contributed by atoms with Crippen LogP contribution in [-0.4, -0.2) is 177 Å². The first-order valence-corrected chi connectivity index (χ1v) is 19.4. The summed E-state index contributed by atoms with van der Waals surface area (Å²) in [6, 6.07) is 0. The van der Waals surface area contributed by atoms with Crippen molar-refractivity contribution in [2.45, 2.75) is 155 Å². The number of hydrogen-bond acceptors (Lipinski definition) is 26. The number of ether oxygens (including phenoxy) is 15. The number of rotatable bonds is 18. The lowest BCUT2D eigenvalue weighted by atomic mass is 9.97. The Balaban J connectivity index is 2.34. The molecule has 3 aliphatic heterocycles. The van der Waals surface area contributed by atoms with Crippen LogP contribution in [0.25, 0.3) is 0 Å². The number of aliphatic hydroxyl groups is 1. The van der Waals surface area contributed by atoms with Crippen LogP contribution in [0.5, 0.6) is 0 Å². The molecule has 360 valence electrons. The van der Waals surface area contributed by atoms with Gasteiger partial charge in [0.15, 0.2) is 42.9 Å². The van der Waals surface area contributed by atoms with E-state index >= 15 is 0 Å². The zero-order valence-corrected chi connectivity index (χ0v) is 36.5. The van der Waals surface area contributed by atoms with Crippen LogP contribution in [0.1, 0.15) is 69.2 Å².